The van der Waals surface area contributed by atoms with Gasteiger partial charge in [0.25, 0.3) is 0 Å². The summed E-state index contributed by atoms with van der Waals surface area (Å²) in [6.45, 7) is 7.08. The average Bonchev–Trinajstić information content (AvgIpc) is 2.69. The highest BCUT2D eigenvalue weighted by Gasteiger charge is 2.61. The molecule has 6 atom stereocenters. The molecule has 3 saturated carbocycles. The lowest BCUT2D eigenvalue weighted by atomic mass is 9.47. The largest absolute Gasteiger partial charge is 0.390 e. The molecule has 1 N–H and O–H groups in total. The van der Waals surface area contributed by atoms with Crippen molar-refractivity contribution in [3.05, 3.63) is 11.6 Å². The van der Waals surface area contributed by atoms with Crippen LogP contribution in [0.4, 0.5) is 0 Å². The lowest BCUT2D eigenvalue weighted by Crippen LogP contribution is -2.53. The lowest BCUT2D eigenvalue weighted by Gasteiger charge is -2.58. The van der Waals surface area contributed by atoms with Crippen LogP contribution in [0, 0.1) is 28.6 Å². The molecule has 0 aliphatic heterocycles. The van der Waals surface area contributed by atoms with Crippen LogP contribution in [0.2, 0.25) is 0 Å². The minimum atomic E-state index is -0.430. The van der Waals surface area contributed by atoms with Gasteiger partial charge in [-0.1, -0.05) is 31.9 Å². The standard InChI is InChI=1S/C20H32O/c1-18-11-5-4-6-14(18)7-8-15-16(18)9-12-19(2)17(15)10-13-20(19,3)21/h7,15-17,21H,4-6,8-13H2,1-3H3/t15-,16+,17+,18+,19+,20+/m1/s1. The molecule has 0 aromatic carbocycles. The third-order valence-electron chi connectivity index (χ3n) is 8.58. The summed E-state index contributed by atoms with van der Waals surface area (Å²) in [5.74, 6) is 2.48. The third kappa shape index (κ3) is 1.73. The van der Waals surface area contributed by atoms with E-state index in [4.69, 9.17) is 0 Å². The molecule has 1 heteroatoms. The van der Waals surface area contributed by atoms with E-state index in [-0.39, 0.29) is 5.41 Å². The molecule has 0 aromatic rings. The van der Waals surface area contributed by atoms with E-state index in [9.17, 15) is 5.11 Å². The molecule has 118 valence electrons. The molecule has 3 fully saturated rings. The zero-order valence-electron chi connectivity index (χ0n) is 14.1. The first-order chi connectivity index (χ1) is 9.88. The van der Waals surface area contributed by atoms with Crippen molar-refractivity contribution < 1.29 is 5.11 Å². The van der Waals surface area contributed by atoms with E-state index in [2.05, 4.69) is 26.8 Å². The molecule has 0 amide bonds. The molecule has 0 unspecified atom stereocenters. The zero-order chi connectivity index (χ0) is 14.9. The SMILES string of the molecule is C[C@]12CCCCC1=CC[C@@H]1[C@@H]2CC[C@@]2(C)[C@H]1CC[C@]2(C)O. The van der Waals surface area contributed by atoms with Crippen molar-refractivity contribution in [1.82, 2.24) is 0 Å². The summed E-state index contributed by atoms with van der Waals surface area (Å²) in [5.41, 5.74) is 2.03. The maximum absolute atomic E-state index is 10.9. The Kier molecular flexibility index (Phi) is 2.98. The van der Waals surface area contributed by atoms with Gasteiger partial charge in [0, 0.05) is 0 Å². The van der Waals surface area contributed by atoms with Crippen LogP contribution in [0.25, 0.3) is 0 Å². The Morgan fingerprint density at radius 2 is 1.76 bits per heavy atom. The molecule has 0 spiro atoms. The van der Waals surface area contributed by atoms with Gasteiger partial charge in [-0.3, -0.25) is 0 Å². The summed E-state index contributed by atoms with van der Waals surface area (Å²) < 4.78 is 0. The van der Waals surface area contributed by atoms with E-state index in [1.807, 2.05) is 0 Å². The smallest absolute Gasteiger partial charge is 0.0675 e. The molecule has 4 aliphatic rings. The maximum Gasteiger partial charge on any atom is 0.0675 e. The average molecular weight is 288 g/mol. The summed E-state index contributed by atoms with van der Waals surface area (Å²) in [4.78, 5) is 0. The van der Waals surface area contributed by atoms with E-state index in [1.54, 1.807) is 5.57 Å². The first-order valence-corrected chi connectivity index (χ1v) is 9.30. The first-order valence-electron chi connectivity index (χ1n) is 9.30. The predicted molar refractivity (Wildman–Crippen MR) is 86.9 cm³/mol. The molecule has 0 aromatic heterocycles. The second kappa shape index (κ2) is 4.37. The summed E-state index contributed by atoms with van der Waals surface area (Å²) in [6.07, 6.45) is 14.4. The minimum Gasteiger partial charge on any atom is -0.390 e. The van der Waals surface area contributed by atoms with Crippen LogP contribution in [0.3, 0.4) is 0 Å². The molecule has 4 aliphatic carbocycles. The normalized spacial score (nSPS) is 56.2. The van der Waals surface area contributed by atoms with Gasteiger partial charge in [-0.2, -0.15) is 0 Å². The number of allylic oxidation sites excluding steroid dienone is 2. The second-order valence-corrected chi connectivity index (χ2v) is 9.24. The molecule has 0 bridgehead atoms. The van der Waals surface area contributed by atoms with Gasteiger partial charge in [-0.05, 0) is 86.9 Å². The highest BCUT2D eigenvalue weighted by Crippen LogP contribution is 2.66. The van der Waals surface area contributed by atoms with Gasteiger partial charge in [0.05, 0.1) is 5.60 Å². The fraction of sp³-hybridized carbons (Fsp3) is 0.900. The second-order valence-electron chi connectivity index (χ2n) is 9.24. The Hall–Kier alpha value is -0.300. The van der Waals surface area contributed by atoms with Crippen molar-refractivity contribution in [2.24, 2.45) is 28.6 Å². The highest BCUT2D eigenvalue weighted by molar-refractivity contribution is 5.25. The number of rotatable bonds is 0. The van der Waals surface area contributed by atoms with Crippen molar-refractivity contribution in [1.29, 1.82) is 0 Å². The van der Waals surface area contributed by atoms with Gasteiger partial charge in [0.1, 0.15) is 0 Å². The summed E-state index contributed by atoms with van der Waals surface area (Å²) >= 11 is 0. The lowest BCUT2D eigenvalue weighted by molar-refractivity contribution is -0.113. The van der Waals surface area contributed by atoms with Crippen LogP contribution < -0.4 is 0 Å². The topological polar surface area (TPSA) is 20.2 Å². The predicted octanol–water partition coefficient (Wildman–Crippen LogP) is 5.09. The van der Waals surface area contributed by atoms with Crippen LogP contribution in [0.5, 0.6) is 0 Å². The van der Waals surface area contributed by atoms with E-state index < -0.39 is 5.60 Å². The van der Waals surface area contributed by atoms with Gasteiger partial charge in [0.15, 0.2) is 0 Å². The fourth-order valence-corrected chi connectivity index (χ4v) is 6.94. The quantitative estimate of drug-likeness (QED) is 0.616. The monoisotopic (exact) mass is 288 g/mol. The molecule has 21 heavy (non-hydrogen) atoms. The van der Waals surface area contributed by atoms with E-state index in [1.165, 1.54) is 51.4 Å². The zero-order valence-corrected chi connectivity index (χ0v) is 14.1. The Balaban J connectivity index is 1.71. The van der Waals surface area contributed by atoms with E-state index in [0.717, 1.165) is 24.2 Å². The molecule has 0 heterocycles. The van der Waals surface area contributed by atoms with Crippen LogP contribution in [0.15, 0.2) is 11.6 Å². The Morgan fingerprint density at radius 3 is 2.57 bits per heavy atom. The van der Waals surface area contributed by atoms with Crippen LogP contribution >= 0.6 is 0 Å². The third-order valence-corrected chi connectivity index (χ3v) is 8.58. The summed E-state index contributed by atoms with van der Waals surface area (Å²) in [5, 5.41) is 10.9. The minimum absolute atomic E-state index is 0.171. The molecular formula is C20H32O. The van der Waals surface area contributed by atoms with Crippen molar-refractivity contribution in [3.8, 4) is 0 Å². The van der Waals surface area contributed by atoms with Crippen LogP contribution in [-0.4, -0.2) is 10.7 Å². The van der Waals surface area contributed by atoms with Crippen LogP contribution in [-0.2, 0) is 0 Å². The number of hydrogen-bond acceptors (Lipinski definition) is 1. The Labute approximate surface area is 130 Å². The molecule has 0 radical (unpaired) electrons. The van der Waals surface area contributed by atoms with Crippen molar-refractivity contribution in [2.45, 2.75) is 84.2 Å². The van der Waals surface area contributed by atoms with Gasteiger partial charge < -0.3 is 5.11 Å². The molecule has 1 nitrogen and oxygen atoms in total. The Bertz CT molecular complexity index is 476. The Morgan fingerprint density at radius 1 is 1.00 bits per heavy atom. The summed E-state index contributed by atoms with van der Waals surface area (Å²) in [6, 6.07) is 0. The van der Waals surface area contributed by atoms with Gasteiger partial charge in [-0.15, -0.1) is 0 Å². The molecular weight excluding hydrogens is 256 g/mol. The van der Waals surface area contributed by atoms with Crippen LogP contribution in [0.1, 0.15) is 78.6 Å². The van der Waals surface area contributed by atoms with E-state index in [0.29, 0.717) is 5.41 Å². The van der Waals surface area contributed by atoms with Gasteiger partial charge in [0.2, 0.25) is 0 Å². The first kappa shape index (κ1) is 14.3. The summed E-state index contributed by atoms with van der Waals surface area (Å²) in [7, 11) is 0. The maximum atomic E-state index is 10.9. The number of aliphatic hydroxyl groups is 1. The van der Waals surface area contributed by atoms with E-state index >= 15 is 0 Å². The molecule has 0 saturated heterocycles. The van der Waals surface area contributed by atoms with Crippen molar-refractivity contribution >= 4 is 0 Å². The fourth-order valence-electron chi connectivity index (χ4n) is 6.94. The number of fused-ring (bicyclic) bond motifs is 5. The van der Waals surface area contributed by atoms with Crippen molar-refractivity contribution in [2.75, 3.05) is 0 Å². The molecule has 4 rings (SSSR count). The van der Waals surface area contributed by atoms with Gasteiger partial charge in [-0.25, -0.2) is 0 Å². The number of hydrogen-bond donors (Lipinski definition) is 1. The van der Waals surface area contributed by atoms with Gasteiger partial charge >= 0.3 is 0 Å². The van der Waals surface area contributed by atoms with Crippen molar-refractivity contribution in [3.63, 3.8) is 0 Å². The highest BCUT2D eigenvalue weighted by atomic mass is 16.3.